The van der Waals surface area contributed by atoms with Gasteiger partial charge in [-0.15, -0.1) is 11.3 Å². The second-order valence-corrected chi connectivity index (χ2v) is 8.52. The van der Waals surface area contributed by atoms with E-state index >= 15 is 0 Å². The third-order valence-corrected chi connectivity index (χ3v) is 6.93. The zero-order valence-corrected chi connectivity index (χ0v) is 13.1. The summed E-state index contributed by atoms with van der Waals surface area (Å²) in [7, 11) is -2.99. The molecule has 2 atom stereocenters. The highest BCUT2D eigenvalue weighted by Gasteiger charge is 2.31. The lowest BCUT2D eigenvalue weighted by atomic mass is 10.1. The highest BCUT2D eigenvalue weighted by Crippen LogP contribution is 2.20. The normalized spacial score (nSPS) is 22.4. The van der Waals surface area contributed by atoms with Crippen LogP contribution in [0.4, 0.5) is 4.79 Å². The molecule has 1 aliphatic rings. The van der Waals surface area contributed by atoms with Gasteiger partial charge >= 0.3 is 6.03 Å². The number of nitrogens with one attached hydrogen (secondary N) is 2. The predicted molar refractivity (Wildman–Crippen MR) is 80.9 cm³/mol. The molecule has 2 heterocycles. The molecule has 2 amide bonds. The van der Waals surface area contributed by atoms with E-state index < -0.39 is 15.1 Å². The first kappa shape index (κ1) is 15.3. The Kier molecular flexibility index (Phi) is 5.04. The second kappa shape index (κ2) is 6.58. The van der Waals surface area contributed by atoms with Gasteiger partial charge in [-0.2, -0.15) is 0 Å². The van der Waals surface area contributed by atoms with Gasteiger partial charge in [0.2, 0.25) is 0 Å². The Morgan fingerprint density at radius 2 is 2.30 bits per heavy atom. The minimum Gasteiger partial charge on any atom is -0.338 e. The quantitative estimate of drug-likeness (QED) is 0.868. The molecule has 2 N–H and O–H groups in total. The molecule has 112 valence electrons. The number of amides is 2. The Hall–Kier alpha value is -1.08. The van der Waals surface area contributed by atoms with Crippen LogP contribution in [-0.2, 0) is 9.84 Å². The largest absolute Gasteiger partial charge is 0.338 e. The third kappa shape index (κ3) is 3.96. The lowest BCUT2D eigenvalue weighted by Crippen LogP contribution is -2.42. The van der Waals surface area contributed by atoms with Crippen molar-refractivity contribution < 1.29 is 13.2 Å². The van der Waals surface area contributed by atoms with Gasteiger partial charge < -0.3 is 10.6 Å². The standard InChI is InChI=1S/C13H20N2O3S2/c1-10(12-5-2-6-19-12)8-14-13(16)15-9-11-4-3-7-20(11,17)18/h2,5-6,10-11H,3-4,7-9H2,1H3,(H2,14,15,16). The molecule has 5 nitrogen and oxygen atoms in total. The van der Waals surface area contributed by atoms with E-state index in [1.54, 1.807) is 11.3 Å². The molecule has 7 heteroatoms. The molecule has 0 saturated carbocycles. The van der Waals surface area contributed by atoms with Crippen molar-refractivity contribution in [1.82, 2.24) is 10.6 Å². The highest BCUT2D eigenvalue weighted by atomic mass is 32.2. The molecule has 0 aliphatic carbocycles. The first-order valence-electron chi connectivity index (χ1n) is 6.75. The molecule has 0 radical (unpaired) electrons. The van der Waals surface area contributed by atoms with Gasteiger partial charge in [-0.05, 0) is 24.3 Å². The molecule has 0 spiro atoms. The van der Waals surface area contributed by atoms with Gasteiger partial charge in [0.25, 0.3) is 0 Å². The van der Waals surface area contributed by atoms with Crippen LogP contribution < -0.4 is 10.6 Å². The Labute approximate surface area is 123 Å². The Bertz CT molecular complexity index is 540. The van der Waals surface area contributed by atoms with Gasteiger partial charge in [-0.3, -0.25) is 0 Å². The van der Waals surface area contributed by atoms with Crippen molar-refractivity contribution in [3.05, 3.63) is 22.4 Å². The molecule has 1 fully saturated rings. The molecular formula is C13H20N2O3S2. The van der Waals surface area contributed by atoms with Crippen molar-refractivity contribution in [2.75, 3.05) is 18.8 Å². The van der Waals surface area contributed by atoms with Gasteiger partial charge in [-0.1, -0.05) is 13.0 Å². The maximum absolute atomic E-state index is 11.7. The maximum Gasteiger partial charge on any atom is 0.314 e. The molecule has 0 aromatic carbocycles. The molecule has 1 aliphatic heterocycles. The maximum atomic E-state index is 11.7. The lowest BCUT2D eigenvalue weighted by Gasteiger charge is -2.14. The number of sulfone groups is 1. The summed E-state index contributed by atoms with van der Waals surface area (Å²) in [5.41, 5.74) is 0. The second-order valence-electron chi connectivity index (χ2n) is 5.14. The Morgan fingerprint density at radius 1 is 1.50 bits per heavy atom. The molecule has 1 aromatic rings. The van der Waals surface area contributed by atoms with Crippen LogP contribution in [0.1, 0.15) is 30.6 Å². The fraction of sp³-hybridized carbons (Fsp3) is 0.615. The Morgan fingerprint density at radius 3 is 2.90 bits per heavy atom. The van der Waals surface area contributed by atoms with Gasteiger partial charge in [0.1, 0.15) is 0 Å². The van der Waals surface area contributed by atoms with E-state index in [1.165, 1.54) is 4.88 Å². The van der Waals surface area contributed by atoms with Gasteiger partial charge in [0, 0.05) is 23.9 Å². The zero-order chi connectivity index (χ0) is 14.6. The molecule has 1 saturated heterocycles. The number of carbonyl (C=O) groups is 1. The molecule has 1 aromatic heterocycles. The monoisotopic (exact) mass is 316 g/mol. The van der Waals surface area contributed by atoms with Crippen LogP contribution in [0.5, 0.6) is 0 Å². The van der Waals surface area contributed by atoms with Crippen molar-refractivity contribution in [2.45, 2.75) is 30.9 Å². The number of urea groups is 1. The summed E-state index contributed by atoms with van der Waals surface area (Å²) >= 11 is 1.67. The van der Waals surface area contributed by atoms with E-state index in [0.29, 0.717) is 19.4 Å². The summed E-state index contributed by atoms with van der Waals surface area (Å²) in [6.45, 7) is 2.80. The fourth-order valence-electron chi connectivity index (χ4n) is 2.27. The van der Waals surface area contributed by atoms with Crippen LogP contribution >= 0.6 is 11.3 Å². The Balaban J connectivity index is 1.71. The summed E-state index contributed by atoms with van der Waals surface area (Å²) in [6, 6.07) is 3.73. The molecule has 2 rings (SSSR count). The van der Waals surface area contributed by atoms with Crippen LogP contribution in [0.15, 0.2) is 17.5 Å². The van der Waals surface area contributed by atoms with Crippen molar-refractivity contribution in [2.24, 2.45) is 0 Å². The van der Waals surface area contributed by atoms with E-state index in [1.807, 2.05) is 24.4 Å². The smallest absolute Gasteiger partial charge is 0.314 e. The van der Waals surface area contributed by atoms with E-state index in [0.717, 1.165) is 0 Å². The van der Waals surface area contributed by atoms with Crippen LogP contribution in [0.3, 0.4) is 0 Å². The highest BCUT2D eigenvalue weighted by molar-refractivity contribution is 7.92. The van der Waals surface area contributed by atoms with Gasteiger partial charge in [-0.25, -0.2) is 13.2 Å². The predicted octanol–water partition coefficient (Wildman–Crippen LogP) is 1.73. The summed E-state index contributed by atoms with van der Waals surface area (Å²) in [4.78, 5) is 12.9. The number of hydrogen-bond acceptors (Lipinski definition) is 4. The van der Waals surface area contributed by atoms with Crippen LogP contribution in [0, 0.1) is 0 Å². The summed E-state index contributed by atoms with van der Waals surface area (Å²) in [6.07, 6.45) is 1.35. The van der Waals surface area contributed by atoms with Crippen molar-refractivity contribution in [3.63, 3.8) is 0 Å². The fourth-order valence-corrected chi connectivity index (χ4v) is 4.83. The molecule has 0 bridgehead atoms. The van der Waals surface area contributed by atoms with E-state index in [4.69, 9.17) is 0 Å². The topological polar surface area (TPSA) is 75.3 Å². The van der Waals surface area contributed by atoms with E-state index in [-0.39, 0.29) is 24.2 Å². The molecular weight excluding hydrogens is 296 g/mol. The van der Waals surface area contributed by atoms with Crippen molar-refractivity contribution in [1.29, 1.82) is 0 Å². The lowest BCUT2D eigenvalue weighted by molar-refractivity contribution is 0.240. The molecule has 20 heavy (non-hydrogen) atoms. The van der Waals surface area contributed by atoms with Gasteiger partial charge in [0.05, 0.1) is 11.0 Å². The van der Waals surface area contributed by atoms with Gasteiger partial charge in [0.15, 0.2) is 9.84 Å². The summed E-state index contributed by atoms with van der Waals surface area (Å²) < 4.78 is 23.3. The SMILES string of the molecule is CC(CNC(=O)NCC1CCCS1(=O)=O)c1cccs1. The minimum atomic E-state index is -2.99. The van der Waals surface area contributed by atoms with E-state index in [2.05, 4.69) is 10.6 Å². The molecule has 2 unspecified atom stereocenters. The minimum absolute atomic E-state index is 0.210. The first-order chi connectivity index (χ1) is 9.49. The van der Waals surface area contributed by atoms with Crippen molar-refractivity contribution >= 4 is 27.2 Å². The number of hydrogen-bond donors (Lipinski definition) is 2. The number of rotatable bonds is 5. The average Bonchev–Trinajstić information content (AvgIpc) is 3.03. The van der Waals surface area contributed by atoms with Crippen molar-refractivity contribution in [3.8, 4) is 0 Å². The number of carbonyl (C=O) groups excluding carboxylic acids is 1. The zero-order valence-electron chi connectivity index (χ0n) is 11.5. The number of thiophene rings is 1. The summed E-state index contributed by atoms with van der Waals surface area (Å²) in [5.74, 6) is 0.507. The van der Waals surface area contributed by atoms with E-state index in [9.17, 15) is 13.2 Å². The average molecular weight is 316 g/mol. The third-order valence-electron chi connectivity index (χ3n) is 3.55. The van der Waals surface area contributed by atoms with Crippen LogP contribution in [0.2, 0.25) is 0 Å². The van der Waals surface area contributed by atoms with Crippen LogP contribution in [-0.4, -0.2) is 38.5 Å². The van der Waals surface area contributed by atoms with Crippen LogP contribution in [0.25, 0.3) is 0 Å². The first-order valence-corrected chi connectivity index (χ1v) is 9.35. The summed E-state index contributed by atoms with van der Waals surface area (Å²) in [5, 5.41) is 7.04.